The monoisotopic (exact) mass is 447 g/mol. The van der Waals surface area contributed by atoms with Crippen molar-refractivity contribution >= 4 is 72.3 Å². The minimum atomic E-state index is -0.847. The molecule has 2 aromatic carbocycles. The van der Waals surface area contributed by atoms with Crippen molar-refractivity contribution in [3.63, 3.8) is 0 Å². The van der Waals surface area contributed by atoms with E-state index in [2.05, 4.69) is 9.97 Å². The Morgan fingerprint density at radius 1 is 1.17 bits per heavy atom. The third-order valence-electron chi connectivity index (χ3n) is 3.94. The van der Waals surface area contributed by atoms with Crippen molar-refractivity contribution in [1.82, 2.24) is 9.97 Å². The van der Waals surface area contributed by atoms with Crippen LogP contribution in [0.2, 0.25) is 0 Å². The van der Waals surface area contributed by atoms with Crippen molar-refractivity contribution in [3.05, 3.63) is 70.2 Å². The van der Waals surface area contributed by atoms with Crippen LogP contribution in [-0.4, -0.2) is 15.9 Å². The summed E-state index contributed by atoms with van der Waals surface area (Å²) in [4.78, 5) is 22.1. The van der Waals surface area contributed by atoms with E-state index < -0.39 is 17.5 Å². The van der Waals surface area contributed by atoms with Crippen molar-refractivity contribution in [2.75, 3.05) is 4.90 Å². The maximum Gasteiger partial charge on any atom is 0.230 e. The Labute approximate surface area is 177 Å². The van der Waals surface area contributed by atoms with Gasteiger partial charge in [-0.2, -0.15) is 0 Å². The van der Waals surface area contributed by atoms with Crippen LogP contribution in [0.15, 0.2) is 47.8 Å². The van der Waals surface area contributed by atoms with Gasteiger partial charge in [0.1, 0.15) is 16.6 Å². The Kier molecular flexibility index (Phi) is 5.40. The molecule has 4 aromatic rings. The molecule has 29 heavy (non-hydrogen) atoms. The van der Waals surface area contributed by atoms with Crippen molar-refractivity contribution in [1.29, 1.82) is 0 Å². The first-order chi connectivity index (χ1) is 13.9. The number of amides is 1. The standard InChI is InChI=1S/C20H12ClF2N3OS2/c1-11(27)26(17-7-6-12(22)8-15(17)23)20-24-13(10-28-20)9-14(21)19-25-16-4-2-3-5-18(16)29-19/h2-10H,1H3/b14-9-. The number of nitrogens with zero attached hydrogens (tertiary/aromatic N) is 3. The van der Waals surface area contributed by atoms with Gasteiger partial charge in [0.25, 0.3) is 0 Å². The molecule has 2 aromatic heterocycles. The highest BCUT2D eigenvalue weighted by Gasteiger charge is 2.21. The summed E-state index contributed by atoms with van der Waals surface area (Å²) in [5.74, 6) is -2.02. The van der Waals surface area contributed by atoms with Crippen LogP contribution >= 0.6 is 34.3 Å². The minimum Gasteiger partial charge on any atom is -0.274 e. The molecule has 0 fully saturated rings. The van der Waals surface area contributed by atoms with E-state index in [0.717, 1.165) is 38.6 Å². The second-order valence-corrected chi connectivity index (χ2v) is 8.26. The van der Waals surface area contributed by atoms with Gasteiger partial charge in [-0.25, -0.2) is 18.7 Å². The Balaban J connectivity index is 1.67. The lowest BCUT2D eigenvalue weighted by Crippen LogP contribution is -2.23. The molecule has 0 bridgehead atoms. The van der Waals surface area contributed by atoms with E-state index >= 15 is 0 Å². The highest BCUT2D eigenvalue weighted by molar-refractivity contribution is 7.20. The van der Waals surface area contributed by atoms with Gasteiger partial charge in [0.2, 0.25) is 5.91 Å². The average molecular weight is 448 g/mol. The third kappa shape index (κ3) is 4.05. The highest BCUT2D eigenvalue weighted by atomic mass is 35.5. The van der Waals surface area contributed by atoms with E-state index in [9.17, 15) is 13.6 Å². The molecule has 0 spiro atoms. The Hall–Kier alpha value is -2.68. The zero-order chi connectivity index (χ0) is 20.5. The molecule has 0 radical (unpaired) electrons. The number of thiazole rings is 2. The van der Waals surface area contributed by atoms with Crippen LogP contribution in [0.4, 0.5) is 19.6 Å². The molecular formula is C20H12ClF2N3OS2. The molecule has 0 aliphatic heterocycles. The van der Waals surface area contributed by atoms with Gasteiger partial charge in [-0.15, -0.1) is 22.7 Å². The van der Waals surface area contributed by atoms with Gasteiger partial charge >= 0.3 is 0 Å². The number of carbonyl (C=O) groups is 1. The zero-order valence-electron chi connectivity index (χ0n) is 14.9. The Morgan fingerprint density at radius 3 is 2.69 bits per heavy atom. The highest BCUT2D eigenvalue weighted by Crippen LogP contribution is 2.34. The van der Waals surface area contributed by atoms with Crippen molar-refractivity contribution in [2.24, 2.45) is 0 Å². The second kappa shape index (κ2) is 7.98. The van der Waals surface area contributed by atoms with E-state index in [1.807, 2.05) is 24.3 Å². The maximum atomic E-state index is 14.2. The van der Waals surface area contributed by atoms with Gasteiger partial charge in [0.15, 0.2) is 5.13 Å². The van der Waals surface area contributed by atoms with E-state index in [1.165, 1.54) is 24.3 Å². The summed E-state index contributed by atoms with van der Waals surface area (Å²) in [6.45, 7) is 1.29. The molecule has 1 amide bonds. The first kappa shape index (κ1) is 19.6. The van der Waals surface area contributed by atoms with Crippen LogP contribution in [0, 0.1) is 11.6 Å². The van der Waals surface area contributed by atoms with Gasteiger partial charge < -0.3 is 0 Å². The quantitative estimate of drug-likeness (QED) is 0.361. The third-order valence-corrected chi connectivity index (χ3v) is 6.25. The molecule has 0 unspecified atom stereocenters. The molecule has 2 heterocycles. The summed E-state index contributed by atoms with van der Waals surface area (Å²) in [5, 5.41) is 3.01. The number of hydrogen-bond acceptors (Lipinski definition) is 5. The Bertz CT molecular complexity index is 1220. The molecule has 0 aliphatic rings. The number of halogens is 3. The van der Waals surface area contributed by atoms with Crippen LogP contribution in [0.1, 0.15) is 17.6 Å². The second-order valence-electron chi connectivity index (χ2n) is 5.98. The number of carbonyl (C=O) groups excluding carboxylic acids is 1. The predicted molar refractivity (Wildman–Crippen MR) is 115 cm³/mol. The molecule has 146 valence electrons. The summed E-state index contributed by atoms with van der Waals surface area (Å²) in [7, 11) is 0. The molecule has 0 saturated heterocycles. The Morgan fingerprint density at radius 2 is 1.97 bits per heavy atom. The summed E-state index contributed by atoms with van der Waals surface area (Å²) in [6, 6.07) is 10.7. The van der Waals surface area contributed by atoms with Crippen molar-refractivity contribution < 1.29 is 13.6 Å². The molecular weight excluding hydrogens is 436 g/mol. The van der Waals surface area contributed by atoms with Gasteiger partial charge in [0, 0.05) is 18.4 Å². The van der Waals surface area contributed by atoms with E-state index in [4.69, 9.17) is 11.6 Å². The van der Waals surface area contributed by atoms with E-state index in [-0.39, 0.29) is 10.8 Å². The maximum absolute atomic E-state index is 14.2. The topological polar surface area (TPSA) is 46.1 Å². The largest absolute Gasteiger partial charge is 0.274 e. The number of anilines is 2. The fourth-order valence-electron chi connectivity index (χ4n) is 2.68. The number of rotatable bonds is 4. The lowest BCUT2D eigenvalue weighted by molar-refractivity contribution is -0.115. The fraction of sp³-hybridized carbons (Fsp3) is 0.0500. The van der Waals surface area contributed by atoms with Crippen LogP contribution in [0.25, 0.3) is 21.3 Å². The van der Waals surface area contributed by atoms with Crippen LogP contribution in [0.5, 0.6) is 0 Å². The minimum absolute atomic E-state index is 0.0685. The smallest absolute Gasteiger partial charge is 0.230 e. The van der Waals surface area contributed by atoms with Crippen molar-refractivity contribution in [3.8, 4) is 0 Å². The summed E-state index contributed by atoms with van der Waals surface area (Å²) in [6.07, 6.45) is 1.64. The molecule has 0 N–H and O–H groups in total. The number of benzene rings is 2. The molecule has 4 nitrogen and oxygen atoms in total. The van der Waals surface area contributed by atoms with Gasteiger partial charge in [-0.05, 0) is 30.3 Å². The van der Waals surface area contributed by atoms with Gasteiger partial charge in [0.05, 0.1) is 26.6 Å². The average Bonchev–Trinajstić information content (AvgIpc) is 3.30. The predicted octanol–water partition coefficient (Wildman–Crippen LogP) is 6.45. The van der Waals surface area contributed by atoms with Crippen molar-refractivity contribution in [2.45, 2.75) is 6.92 Å². The first-order valence-corrected chi connectivity index (χ1v) is 10.4. The molecule has 0 saturated carbocycles. The molecule has 0 atom stereocenters. The van der Waals surface area contributed by atoms with Gasteiger partial charge in [-0.3, -0.25) is 9.69 Å². The lowest BCUT2D eigenvalue weighted by Gasteiger charge is -2.18. The zero-order valence-corrected chi connectivity index (χ0v) is 17.3. The molecule has 4 rings (SSSR count). The number of para-hydroxylation sites is 1. The lowest BCUT2D eigenvalue weighted by atomic mass is 10.2. The number of fused-ring (bicyclic) bond motifs is 1. The summed E-state index contributed by atoms with van der Waals surface area (Å²) < 4.78 is 28.4. The fourth-order valence-corrected chi connectivity index (χ4v) is 4.66. The van der Waals surface area contributed by atoms with Crippen LogP contribution in [0.3, 0.4) is 0 Å². The summed E-state index contributed by atoms with van der Waals surface area (Å²) in [5.41, 5.74) is 1.29. The van der Waals surface area contributed by atoms with E-state index in [0.29, 0.717) is 15.7 Å². The SMILES string of the molecule is CC(=O)N(c1nc(/C=C(\Cl)c2nc3ccccc3s2)cs1)c1ccc(F)cc1F. The van der Waals surface area contributed by atoms with E-state index in [1.54, 1.807) is 11.5 Å². The molecule has 9 heteroatoms. The van der Waals surface area contributed by atoms with Gasteiger partial charge in [-0.1, -0.05) is 23.7 Å². The van der Waals surface area contributed by atoms with Crippen LogP contribution < -0.4 is 4.90 Å². The number of hydrogen-bond donors (Lipinski definition) is 0. The molecule has 0 aliphatic carbocycles. The summed E-state index contributed by atoms with van der Waals surface area (Å²) >= 11 is 9.02. The van der Waals surface area contributed by atoms with Crippen LogP contribution in [-0.2, 0) is 4.79 Å². The first-order valence-electron chi connectivity index (χ1n) is 8.37. The normalized spacial score (nSPS) is 11.8. The number of aromatic nitrogens is 2.